The lowest BCUT2D eigenvalue weighted by Gasteiger charge is -2.26. The highest BCUT2D eigenvalue weighted by atomic mass is 16.5. The Morgan fingerprint density at radius 3 is 2.88 bits per heavy atom. The molecular formula is C20H23NO4. The van der Waals surface area contributed by atoms with E-state index in [-0.39, 0.29) is 6.61 Å². The van der Waals surface area contributed by atoms with Crippen LogP contribution >= 0.6 is 0 Å². The minimum absolute atomic E-state index is 0.323. The smallest absolute Gasteiger partial charge is 0.341 e. The molecule has 1 fully saturated rings. The third-order valence-electron chi connectivity index (χ3n) is 4.54. The van der Waals surface area contributed by atoms with Gasteiger partial charge in [-0.1, -0.05) is 30.3 Å². The van der Waals surface area contributed by atoms with Gasteiger partial charge in [-0.2, -0.15) is 0 Å². The quantitative estimate of drug-likeness (QED) is 0.835. The van der Waals surface area contributed by atoms with Crippen molar-refractivity contribution < 1.29 is 19.4 Å². The molecule has 0 amide bonds. The zero-order valence-electron chi connectivity index (χ0n) is 14.4. The van der Waals surface area contributed by atoms with E-state index < -0.39 is 5.97 Å². The van der Waals surface area contributed by atoms with Crippen LogP contribution in [-0.2, 0) is 11.3 Å². The molecule has 1 heterocycles. The van der Waals surface area contributed by atoms with Crippen LogP contribution in [-0.4, -0.2) is 36.2 Å². The highest BCUT2D eigenvalue weighted by molar-refractivity contribution is 5.68. The molecule has 1 aliphatic heterocycles. The average molecular weight is 341 g/mol. The Bertz CT molecular complexity index is 731. The van der Waals surface area contributed by atoms with Gasteiger partial charge in [0.15, 0.2) is 6.61 Å². The van der Waals surface area contributed by atoms with Crippen molar-refractivity contribution >= 4 is 5.97 Å². The highest BCUT2D eigenvalue weighted by Gasteiger charge is 2.27. The molecule has 0 aliphatic carbocycles. The largest absolute Gasteiger partial charge is 0.497 e. The summed E-state index contributed by atoms with van der Waals surface area (Å²) in [5.41, 5.74) is 2.26. The Kier molecular flexibility index (Phi) is 5.56. The van der Waals surface area contributed by atoms with Gasteiger partial charge in [-0.3, -0.25) is 4.90 Å². The first-order chi connectivity index (χ1) is 12.2. The molecule has 5 nitrogen and oxygen atoms in total. The van der Waals surface area contributed by atoms with Crippen LogP contribution in [0.1, 0.15) is 30.0 Å². The third-order valence-corrected chi connectivity index (χ3v) is 4.54. The number of hydrogen-bond acceptors (Lipinski definition) is 4. The Morgan fingerprint density at radius 1 is 1.24 bits per heavy atom. The van der Waals surface area contributed by atoms with E-state index in [0.717, 1.165) is 37.2 Å². The number of benzene rings is 2. The van der Waals surface area contributed by atoms with E-state index >= 15 is 0 Å². The molecule has 0 saturated carbocycles. The molecule has 0 radical (unpaired) electrons. The molecule has 1 atom stereocenters. The second kappa shape index (κ2) is 8.03. The van der Waals surface area contributed by atoms with Gasteiger partial charge in [0.25, 0.3) is 0 Å². The molecule has 1 saturated heterocycles. The Balaban J connectivity index is 1.76. The maximum atomic E-state index is 10.8. The van der Waals surface area contributed by atoms with Crippen molar-refractivity contribution in [2.75, 3.05) is 20.3 Å². The summed E-state index contributed by atoms with van der Waals surface area (Å²) in [6.07, 6.45) is 2.24. The molecule has 0 unspecified atom stereocenters. The number of nitrogens with zero attached hydrogens (tertiary/aromatic N) is 1. The Labute approximate surface area is 147 Å². The minimum Gasteiger partial charge on any atom is -0.497 e. The molecule has 2 aromatic rings. The van der Waals surface area contributed by atoms with Crippen molar-refractivity contribution in [1.29, 1.82) is 0 Å². The fourth-order valence-electron chi connectivity index (χ4n) is 3.38. The fraction of sp³-hybridized carbons (Fsp3) is 0.350. The van der Waals surface area contributed by atoms with E-state index in [1.54, 1.807) is 7.11 Å². The van der Waals surface area contributed by atoms with Gasteiger partial charge in [0.1, 0.15) is 11.5 Å². The number of carboxylic acid groups (broad SMARTS) is 1. The summed E-state index contributed by atoms with van der Waals surface area (Å²) < 4.78 is 10.8. The third kappa shape index (κ3) is 4.31. The maximum absolute atomic E-state index is 10.8. The standard InChI is InChI=1S/C20H23NO4/c1-24-17-8-4-7-15(12-17)18-9-5-11-21(18)13-16-6-2-3-10-19(16)25-14-20(22)23/h2-4,6-8,10,12,18H,5,9,11,13-14H2,1H3,(H,22,23)/t18-/m0/s1. The number of aliphatic carboxylic acids is 1. The topological polar surface area (TPSA) is 59.0 Å². The molecular weight excluding hydrogens is 318 g/mol. The second-order valence-electron chi connectivity index (χ2n) is 6.20. The average Bonchev–Trinajstić information content (AvgIpc) is 3.09. The van der Waals surface area contributed by atoms with E-state index in [1.807, 2.05) is 36.4 Å². The van der Waals surface area contributed by atoms with E-state index in [9.17, 15) is 4.79 Å². The molecule has 0 spiro atoms. The monoisotopic (exact) mass is 341 g/mol. The highest BCUT2D eigenvalue weighted by Crippen LogP contribution is 2.35. The van der Waals surface area contributed by atoms with Crippen LogP contribution in [0.25, 0.3) is 0 Å². The lowest BCUT2D eigenvalue weighted by molar-refractivity contribution is -0.139. The number of rotatable bonds is 7. The molecule has 1 N–H and O–H groups in total. The summed E-state index contributed by atoms with van der Waals surface area (Å²) in [4.78, 5) is 13.2. The van der Waals surface area contributed by atoms with Crippen LogP contribution in [0.3, 0.4) is 0 Å². The summed E-state index contributed by atoms with van der Waals surface area (Å²) in [6.45, 7) is 1.42. The lowest BCUT2D eigenvalue weighted by Crippen LogP contribution is -2.23. The van der Waals surface area contributed by atoms with Gasteiger partial charge >= 0.3 is 5.97 Å². The summed E-state index contributed by atoms with van der Waals surface area (Å²) in [7, 11) is 1.68. The summed E-state index contributed by atoms with van der Waals surface area (Å²) >= 11 is 0. The van der Waals surface area contributed by atoms with Crippen LogP contribution in [0.15, 0.2) is 48.5 Å². The number of para-hydroxylation sites is 1. The van der Waals surface area contributed by atoms with E-state index in [2.05, 4.69) is 17.0 Å². The SMILES string of the molecule is COc1cccc([C@@H]2CCCN2Cc2ccccc2OCC(=O)O)c1. The molecule has 0 bridgehead atoms. The number of carbonyl (C=O) groups is 1. The predicted molar refractivity (Wildman–Crippen MR) is 95.0 cm³/mol. The van der Waals surface area contributed by atoms with Crippen molar-refractivity contribution in [3.05, 3.63) is 59.7 Å². The number of ether oxygens (including phenoxy) is 2. The predicted octanol–water partition coefficient (Wildman–Crippen LogP) is 3.50. The van der Waals surface area contributed by atoms with Gasteiger partial charge in [-0.15, -0.1) is 0 Å². The van der Waals surface area contributed by atoms with Crippen LogP contribution in [0.5, 0.6) is 11.5 Å². The fourth-order valence-corrected chi connectivity index (χ4v) is 3.38. The lowest BCUT2D eigenvalue weighted by atomic mass is 10.0. The first-order valence-electron chi connectivity index (χ1n) is 8.48. The first kappa shape index (κ1) is 17.3. The van der Waals surface area contributed by atoms with Gasteiger partial charge in [0.2, 0.25) is 0 Å². The first-order valence-corrected chi connectivity index (χ1v) is 8.48. The number of hydrogen-bond donors (Lipinski definition) is 1. The van der Waals surface area contributed by atoms with E-state index in [1.165, 1.54) is 5.56 Å². The van der Waals surface area contributed by atoms with Crippen LogP contribution in [0.4, 0.5) is 0 Å². The zero-order valence-corrected chi connectivity index (χ0v) is 14.4. The molecule has 1 aliphatic rings. The minimum atomic E-state index is -0.967. The van der Waals surface area contributed by atoms with Crippen LogP contribution in [0, 0.1) is 0 Å². The van der Waals surface area contributed by atoms with Gasteiger partial charge in [-0.25, -0.2) is 4.79 Å². The van der Waals surface area contributed by atoms with Gasteiger partial charge in [0, 0.05) is 18.2 Å². The van der Waals surface area contributed by atoms with Gasteiger partial charge in [0.05, 0.1) is 7.11 Å². The van der Waals surface area contributed by atoms with Gasteiger partial charge < -0.3 is 14.6 Å². The van der Waals surface area contributed by atoms with Crippen molar-refractivity contribution in [2.45, 2.75) is 25.4 Å². The maximum Gasteiger partial charge on any atom is 0.341 e. The van der Waals surface area contributed by atoms with Crippen molar-refractivity contribution in [3.63, 3.8) is 0 Å². The molecule has 132 valence electrons. The van der Waals surface area contributed by atoms with Crippen molar-refractivity contribution in [1.82, 2.24) is 4.90 Å². The van der Waals surface area contributed by atoms with Crippen molar-refractivity contribution in [3.8, 4) is 11.5 Å². The van der Waals surface area contributed by atoms with Crippen molar-refractivity contribution in [2.24, 2.45) is 0 Å². The molecule has 25 heavy (non-hydrogen) atoms. The van der Waals surface area contributed by atoms with Crippen LogP contribution in [0.2, 0.25) is 0 Å². The normalized spacial score (nSPS) is 17.4. The summed E-state index contributed by atoms with van der Waals surface area (Å²) in [5, 5.41) is 8.84. The number of carboxylic acids is 1. The summed E-state index contributed by atoms with van der Waals surface area (Å²) in [5.74, 6) is 0.543. The zero-order chi connectivity index (χ0) is 17.6. The van der Waals surface area contributed by atoms with E-state index in [4.69, 9.17) is 14.6 Å². The Hall–Kier alpha value is -2.53. The van der Waals surface area contributed by atoms with Crippen LogP contribution < -0.4 is 9.47 Å². The number of methoxy groups -OCH3 is 1. The van der Waals surface area contributed by atoms with E-state index in [0.29, 0.717) is 11.8 Å². The Morgan fingerprint density at radius 2 is 2.08 bits per heavy atom. The second-order valence-corrected chi connectivity index (χ2v) is 6.20. The summed E-state index contributed by atoms with van der Waals surface area (Å²) in [6, 6.07) is 16.2. The number of likely N-dealkylation sites (tertiary alicyclic amines) is 1. The molecule has 3 rings (SSSR count). The van der Waals surface area contributed by atoms with Gasteiger partial charge in [-0.05, 0) is 43.1 Å². The molecule has 2 aromatic carbocycles. The molecule has 0 aromatic heterocycles. The molecule has 5 heteroatoms.